The Morgan fingerprint density at radius 2 is 2.20 bits per heavy atom. The van der Waals surface area contributed by atoms with E-state index in [-0.39, 0.29) is 18.3 Å². The van der Waals surface area contributed by atoms with E-state index < -0.39 is 0 Å². The van der Waals surface area contributed by atoms with Gasteiger partial charge in [-0.15, -0.1) is 11.3 Å². The molecule has 1 amide bonds. The number of anilines is 1. The molecule has 0 unspecified atom stereocenters. The Hall–Kier alpha value is -2.16. The van der Waals surface area contributed by atoms with Gasteiger partial charge in [0, 0.05) is 5.69 Å². The van der Waals surface area contributed by atoms with Crippen molar-refractivity contribution in [3.63, 3.8) is 0 Å². The van der Waals surface area contributed by atoms with Crippen LogP contribution in [0.15, 0.2) is 30.3 Å². The molecule has 0 atom stereocenters. The van der Waals surface area contributed by atoms with Crippen LogP contribution < -0.4 is 11.1 Å². The average molecular weight is 288 g/mol. The Kier molecular flexibility index (Phi) is 4.51. The fraction of sp³-hybridized carbons (Fsp3) is 0.133. The summed E-state index contributed by atoms with van der Waals surface area (Å²) >= 11 is 1.29. The maximum absolute atomic E-state index is 13.1. The fourth-order valence-corrected chi connectivity index (χ4v) is 2.36. The number of carbonyl (C=O) groups excluding carboxylic acids is 1. The van der Waals surface area contributed by atoms with Crippen molar-refractivity contribution in [2.24, 2.45) is 5.73 Å². The highest BCUT2D eigenvalue weighted by Crippen LogP contribution is 2.19. The van der Waals surface area contributed by atoms with Gasteiger partial charge in [0.05, 0.1) is 16.3 Å². The Morgan fingerprint density at radius 1 is 1.40 bits per heavy atom. The molecule has 3 nitrogen and oxygen atoms in total. The van der Waals surface area contributed by atoms with Crippen LogP contribution in [0.2, 0.25) is 0 Å². The van der Waals surface area contributed by atoms with E-state index in [1.165, 1.54) is 23.5 Å². The summed E-state index contributed by atoms with van der Waals surface area (Å²) in [6, 6.07) is 7.94. The molecule has 0 fully saturated rings. The lowest BCUT2D eigenvalue weighted by molar-refractivity contribution is 0.103. The molecule has 2 rings (SSSR count). The van der Waals surface area contributed by atoms with E-state index in [0.29, 0.717) is 16.1 Å². The van der Waals surface area contributed by atoms with Crippen molar-refractivity contribution in [3.8, 4) is 11.8 Å². The molecule has 0 saturated carbocycles. The number of carbonyl (C=O) groups is 1. The van der Waals surface area contributed by atoms with Crippen LogP contribution in [-0.4, -0.2) is 12.5 Å². The molecule has 102 valence electrons. The highest BCUT2D eigenvalue weighted by Gasteiger charge is 2.09. The lowest BCUT2D eigenvalue weighted by Crippen LogP contribution is -2.10. The first-order valence-corrected chi connectivity index (χ1v) is 6.78. The van der Waals surface area contributed by atoms with Crippen molar-refractivity contribution >= 4 is 22.9 Å². The van der Waals surface area contributed by atoms with Crippen LogP contribution >= 0.6 is 11.3 Å². The van der Waals surface area contributed by atoms with Crippen LogP contribution in [0.4, 0.5) is 10.1 Å². The summed E-state index contributed by atoms with van der Waals surface area (Å²) < 4.78 is 13.1. The Bertz CT molecular complexity index is 697. The van der Waals surface area contributed by atoms with Crippen LogP contribution in [0, 0.1) is 24.6 Å². The molecule has 0 aliphatic heterocycles. The Morgan fingerprint density at radius 3 is 2.90 bits per heavy atom. The fourth-order valence-electron chi connectivity index (χ4n) is 1.58. The summed E-state index contributed by atoms with van der Waals surface area (Å²) in [4.78, 5) is 13.4. The molecule has 0 aliphatic carbocycles. The summed E-state index contributed by atoms with van der Waals surface area (Å²) in [5, 5.41) is 2.73. The lowest BCUT2D eigenvalue weighted by Gasteiger charge is -2.05. The molecule has 3 N–H and O–H groups in total. The van der Waals surface area contributed by atoms with Crippen LogP contribution in [-0.2, 0) is 0 Å². The second kappa shape index (κ2) is 6.33. The van der Waals surface area contributed by atoms with Crippen LogP contribution in [0.1, 0.15) is 20.1 Å². The Labute approximate surface area is 120 Å². The minimum atomic E-state index is -0.293. The van der Waals surface area contributed by atoms with Crippen LogP contribution in [0.5, 0.6) is 0 Å². The minimum absolute atomic E-state index is 0.234. The highest BCUT2D eigenvalue weighted by atomic mass is 32.1. The van der Waals surface area contributed by atoms with Crippen molar-refractivity contribution < 1.29 is 9.18 Å². The zero-order valence-corrected chi connectivity index (χ0v) is 11.7. The van der Waals surface area contributed by atoms with E-state index in [9.17, 15) is 9.18 Å². The van der Waals surface area contributed by atoms with Gasteiger partial charge in [0.2, 0.25) is 0 Å². The second-order valence-corrected chi connectivity index (χ2v) is 5.17. The molecular weight excluding hydrogens is 275 g/mol. The molecule has 20 heavy (non-hydrogen) atoms. The standard InChI is InChI=1S/C15H13FN2OS/c1-10-9-11(4-6-13(10)16)18-15(19)14-7-5-12(20-14)3-2-8-17/h4-7,9H,8,17H2,1H3,(H,18,19). The molecule has 0 saturated heterocycles. The molecule has 5 heteroatoms. The van der Waals surface area contributed by atoms with Gasteiger partial charge >= 0.3 is 0 Å². The molecular formula is C15H13FN2OS. The van der Waals surface area contributed by atoms with Crippen molar-refractivity contribution in [3.05, 3.63) is 51.5 Å². The number of halogens is 1. The summed E-state index contributed by atoms with van der Waals surface area (Å²) in [5.41, 5.74) is 6.35. The topological polar surface area (TPSA) is 55.1 Å². The zero-order valence-electron chi connectivity index (χ0n) is 10.9. The van der Waals surface area contributed by atoms with Gasteiger partial charge in [-0.2, -0.15) is 0 Å². The first-order chi connectivity index (χ1) is 9.60. The normalized spacial score (nSPS) is 9.75. The quantitative estimate of drug-likeness (QED) is 0.835. The maximum Gasteiger partial charge on any atom is 0.265 e. The number of amides is 1. The third kappa shape index (κ3) is 3.44. The van der Waals surface area contributed by atoms with E-state index >= 15 is 0 Å². The van der Waals surface area contributed by atoms with E-state index in [2.05, 4.69) is 17.2 Å². The second-order valence-electron chi connectivity index (χ2n) is 4.09. The largest absolute Gasteiger partial charge is 0.321 e. The number of aryl methyl sites for hydroxylation is 1. The van der Waals surface area contributed by atoms with E-state index in [1.807, 2.05) is 0 Å². The number of hydrogen-bond donors (Lipinski definition) is 2. The number of nitrogens with two attached hydrogens (primary N) is 1. The van der Waals surface area contributed by atoms with Crippen molar-refractivity contribution in [1.82, 2.24) is 0 Å². The summed E-state index contributed by atoms with van der Waals surface area (Å²) in [7, 11) is 0. The smallest absolute Gasteiger partial charge is 0.265 e. The van der Waals surface area contributed by atoms with Gasteiger partial charge in [0.1, 0.15) is 5.82 Å². The van der Waals surface area contributed by atoms with Gasteiger partial charge in [0.25, 0.3) is 5.91 Å². The van der Waals surface area contributed by atoms with Gasteiger partial charge < -0.3 is 11.1 Å². The number of hydrogen-bond acceptors (Lipinski definition) is 3. The number of thiophene rings is 1. The highest BCUT2D eigenvalue weighted by molar-refractivity contribution is 7.14. The van der Waals surface area contributed by atoms with E-state index in [1.54, 1.807) is 25.1 Å². The molecule has 0 aliphatic rings. The molecule has 1 aromatic carbocycles. The third-order valence-corrected chi connectivity index (χ3v) is 3.56. The van der Waals surface area contributed by atoms with E-state index in [4.69, 9.17) is 5.73 Å². The molecule has 2 aromatic rings. The number of rotatable bonds is 2. The van der Waals surface area contributed by atoms with Crippen molar-refractivity contribution in [1.29, 1.82) is 0 Å². The Balaban J connectivity index is 2.11. The number of nitrogens with one attached hydrogen (secondary N) is 1. The van der Waals surface area contributed by atoms with Crippen molar-refractivity contribution in [2.45, 2.75) is 6.92 Å². The van der Waals surface area contributed by atoms with Crippen molar-refractivity contribution in [2.75, 3.05) is 11.9 Å². The van der Waals surface area contributed by atoms with Gasteiger partial charge in [-0.1, -0.05) is 11.8 Å². The summed E-state index contributed by atoms with van der Waals surface area (Å²) in [5.74, 6) is 5.08. The monoisotopic (exact) mass is 288 g/mol. The molecule has 0 bridgehead atoms. The molecule has 0 radical (unpaired) electrons. The molecule has 1 aromatic heterocycles. The first-order valence-electron chi connectivity index (χ1n) is 5.96. The van der Waals surface area contributed by atoms with Crippen LogP contribution in [0.25, 0.3) is 0 Å². The zero-order chi connectivity index (χ0) is 14.5. The summed E-state index contributed by atoms with van der Waals surface area (Å²) in [6.07, 6.45) is 0. The predicted molar refractivity (Wildman–Crippen MR) is 79.3 cm³/mol. The predicted octanol–water partition coefficient (Wildman–Crippen LogP) is 2.76. The third-order valence-electron chi connectivity index (χ3n) is 2.56. The van der Waals surface area contributed by atoms with Gasteiger partial charge in [0.15, 0.2) is 0 Å². The average Bonchev–Trinajstić information content (AvgIpc) is 2.89. The maximum atomic E-state index is 13.1. The minimum Gasteiger partial charge on any atom is -0.321 e. The lowest BCUT2D eigenvalue weighted by atomic mass is 10.2. The SMILES string of the molecule is Cc1cc(NC(=O)c2ccc(C#CCN)s2)ccc1F. The van der Waals surface area contributed by atoms with Gasteiger partial charge in [-0.05, 0) is 42.8 Å². The van der Waals surface area contributed by atoms with Crippen LogP contribution in [0.3, 0.4) is 0 Å². The number of benzene rings is 1. The van der Waals surface area contributed by atoms with Gasteiger partial charge in [-0.3, -0.25) is 4.79 Å². The van der Waals surface area contributed by atoms with E-state index in [0.717, 1.165) is 4.88 Å². The first kappa shape index (κ1) is 14.3. The summed E-state index contributed by atoms with van der Waals surface area (Å²) in [6.45, 7) is 1.94. The molecule has 1 heterocycles. The molecule has 0 spiro atoms. The van der Waals surface area contributed by atoms with Gasteiger partial charge in [-0.25, -0.2) is 4.39 Å².